The Hall–Kier alpha value is 0.310. The molecular formula is C14H27NS. The zero-order valence-corrected chi connectivity index (χ0v) is 11.7. The molecule has 0 aromatic heterocycles. The molecule has 1 N–H and O–H groups in total. The zero-order chi connectivity index (χ0) is 11.4. The van der Waals surface area contributed by atoms with Crippen LogP contribution in [0.5, 0.6) is 0 Å². The van der Waals surface area contributed by atoms with Gasteiger partial charge in [-0.1, -0.05) is 20.3 Å². The third-order valence-corrected chi connectivity index (χ3v) is 5.13. The van der Waals surface area contributed by atoms with E-state index in [1.807, 2.05) is 0 Å². The first-order valence-electron chi connectivity index (χ1n) is 6.97. The topological polar surface area (TPSA) is 12.0 Å². The van der Waals surface area contributed by atoms with Crippen molar-refractivity contribution in [2.75, 3.05) is 18.1 Å². The van der Waals surface area contributed by atoms with Crippen LogP contribution < -0.4 is 5.32 Å². The third-order valence-electron chi connectivity index (χ3n) is 3.94. The summed E-state index contributed by atoms with van der Waals surface area (Å²) in [6.45, 7) is 6.06. The molecule has 0 saturated heterocycles. The fourth-order valence-electron chi connectivity index (χ4n) is 2.74. The Kier molecular flexibility index (Phi) is 4.60. The fraction of sp³-hybridized carbons (Fsp3) is 1.00. The molecule has 1 atom stereocenters. The lowest BCUT2D eigenvalue weighted by Crippen LogP contribution is -2.38. The van der Waals surface area contributed by atoms with E-state index in [0.29, 0.717) is 5.41 Å². The number of rotatable bonds is 6. The second kappa shape index (κ2) is 5.77. The molecule has 1 unspecified atom stereocenters. The quantitative estimate of drug-likeness (QED) is 0.712. The van der Waals surface area contributed by atoms with Gasteiger partial charge in [-0.2, -0.15) is 11.8 Å². The van der Waals surface area contributed by atoms with Crippen LogP contribution in [0.25, 0.3) is 0 Å². The molecule has 2 aliphatic carbocycles. The van der Waals surface area contributed by atoms with Crippen LogP contribution in [0.2, 0.25) is 0 Å². The molecule has 1 nitrogen and oxygen atoms in total. The van der Waals surface area contributed by atoms with Crippen molar-refractivity contribution in [2.45, 2.75) is 58.4 Å². The van der Waals surface area contributed by atoms with E-state index in [1.54, 1.807) is 0 Å². The Morgan fingerprint density at radius 1 is 1.25 bits per heavy atom. The molecule has 0 amide bonds. The van der Waals surface area contributed by atoms with E-state index in [-0.39, 0.29) is 0 Å². The second-order valence-corrected chi connectivity index (χ2v) is 7.58. The van der Waals surface area contributed by atoms with Crippen LogP contribution >= 0.6 is 11.8 Å². The molecule has 0 aromatic rings. The van der Waals surface area contributed by atoms with Crippen molar-refractivity contribution in [1.29, 1.82) is 0 Å². The average molecular weight is 241 g/mol. The Balaban J connectivity index is 1.51. The minimum atomic E-state index is 0.580. The van der Waals surface area contributed by atoms with Gasteiger partial charge in [-0.05, 0) is 49.2 Å². The van der Waals surface area contributed by atoms with Crippen LogP contribution in [0.1, 0.15) is 52.4 Å². The lowest BCUT2D eigenvalue weighted by atomic mass is 9.75. The maximum atomic E-state index is 3.75. The SMILES string of the molecule is CC1(C)CCCC(NCCSCC2CC2)C1. The highest BCUT2D eigenvalue weighted by Gasteiger charge is 2.27. The lowest BCUT2D eigenvalue weighted by molar-refractivity contribution is 0.200. The van der Waals surface area contributed by atoms with Crippen LogP contribution in [0.4, 0.5) is 0 Å². The van der Waals surface area contributed by atoms with Gasteiger partial charge in [0.1, 0.15) is 0 Å². The van der Waals surface area contributed by atoms with E-state index in [1.165, 1.54) is 56.6 Å². The molecule has 0 spiro atoms. The Labute approximate surface area is 105 Å². The summed E-state index contributed by atoms with van der Waals surface area (Å²) in [4.78, 5) is 0. The number of hydrogen-bond acceptors (Lipinski definition) is 2. The van der Waals surface area contributed by atoms with Crippen molar-refractivity contribution in [3.63, 3.8) is 0 Å². The largest absolute Gasteiger partial charge is 0.313 e. The molecule has 0 radical (unpaired) electrons. The molecular weight excluding hydrogens is 214 g/mol. The van der Waals surface area contributed by atoms with Crippen LogP contribution in [0.15, 0.2) is 0 Å². The smallest absolute Gasteiger partial charge is 0.00724 e. The molecule has 0 aliphatic heterocycles. The summed E-state index contributed by atoms with van der Waals surface area (Å²) in [6.07, 6.45) is 8.60. The first-order valence-corrected chi connectivity index (χ1v) is 8.12. The maximum Gasteiger partial charge on any atom is 0.00724 e. The monoisotopic (exact) mass is 241 g/mol. The van der Waals surface area contributed by atoms with Crippen LogP contribution in [-0.2, 0) is 0 Å². The summed E-state index contributed by atoms with van der Waals surface area (Å²) in [7, 11) is 0. The van der Waals surface area contributed by atoms with E-state index in [9.17, 15) is 0 Å². The predicted molar refractivity (Wildman–Crippen MR) is 74.1 cm³/mol. The van der Waals surface area contributed by atoms with Crippen molar-refractivity contribution in [2.24, 2.45) is 11.3 Å². The predicted octanol–water partition coefficient (Wildman–Crippen LogP) is 3.69. The molecule has 2 aliphatic rings. The molecule has 16 heavy (non-hydrogen) atoms. The number of hydrogen-bond donors (Lipinski definition) is 1. The first kappa shape index (κ1) is 12.8. The van der Waals surface area contributed by atoms with Gasteiger partial charge in [-0.15, -0.1) is 0 Å². The van der Waals surface area contributed by atoms with Gasteiger partial charge in [0.05, 0.1) is 0 Å². The summed E-state index contributed by atoms with van der Waals surface area (Å²) in [5.74, 6) is 3.81. The summed E-state index contributed by atoms with van der Waals surface area (Å²) < 4.78 is 0. The average Bonchev–Trinajstić information content (AvgIpc) is 2.99. The molecule has 0 bridgehead atoms. The molecule has 2 fully saturated rings. The van der Waals surface area contributed by atoms with E-state index in [4.69, 9.17) is 0 Å². The van der Waals surface area contributed by atoms with E-state index in [0.717, 1.165) is 12.0 Å². The summed E-state index contributed by atoms with van der Waals surface area (Å²) in [5.41, 5.74) is 0.580. The van der Waals surface area contributed by atoms with Crippen LogP contribution in [0, 0.1) is 11.3 Å². The highest BCUT2D eigenvalue weighted by molar-refractivity contribution is 7.99. The molecule has 94 valence electrons. The van der Waals surface area contributed by atoms with Gasteiger partial charge in [-0.25, -0.2) is 0 Å². The first-order chi connectivity index (χ1) is 7.66. The Morgan fingerprint density at radius 3 is 2.75 bits per heavy atom. The summed E-state index contributed by atoms with van der Waals surface area (Å²) in [6, 6.07) is 0.797. The Bertz CT molecular complexity index is 211. The van der Waals surface area contributed by atoms with Gasteiger partial charge >= 0.3 is 0 Å². The zero-order valence-electron chi connectivity index (χ0n) is 10.9. The Morgan fingerprint density at radius 2 is 2.06 bits per heavy atom. The fourth-order valence-corrected chi connectivity index (χ4v) is 3.84. The minimum Gasteiger partial charge on any atom is -0.313 e. The van der Waals surface area contributed by atoms with Gasteiger partial charge in [-0.3, -0.25) is 0 Å². The van der Waals surface area contributed by atoms with Crippen LogP contribution in [0.3, 0.4) is 0 Å². The summed E-state index contributed by atoms with van der Waals surface area (Å²) >= 11 is 2.15. The highest BCUT2D eigenvalue weighted by Crippen LogP contribution is 2.35. The normalized spacial score (nSPS) is 29.2. The van der Waals surface area contributed by atoms with Crippen molar-refractivity contribution >= 4 is 11.8 Å². The molecule has 0 heterocycles. The molecule has 2 saturated carbocycles. The van der Waals surface area contributed by atoms with Gasteiger partial charge in [0.2, 0.25) is 0 Å². The van der Waals surface area contributed by atoms with Crippen molar-refractivity contribution < 1.29 is 0 Å². The van der Waals surface area contributed by atoms with Gasteiger partial charge in [0.25, 0.3) is 0 Å². The van der Waals surface area contributed by atoms with Crippen molar-refractivity contribution in [3.8, 4) is 0 Å². The van der Waals surface area contributed by atoms with Gasteiger partial charge in [0, 0.05) is 18.3 Å². The number of thioether (sulfide) groups is 1. The standard InChI is InChI=1S/C14H27NS/c1-14(2)7-3-4-13(10-14)15-8-9-16-11-12-5-6-12/h12-13,15H,3-11H2,1-2H3. The lowest BCUT2D eigenvalue weighted by Gasteiger charge is -2.35. The molecule has 2 rings (SSSR count). The van der Waals surface area contributed by atoms with Crippen LogP contribution in [-0.4, -0.2) is 24.1 Å². The van der Waals surface area contributed by atoms with E-state index in [2.05, 4.69) is 30.9 Å². The van der Waals surface area contributed by atoms with Gasteiger partial charge in [0.15, 0.2) is 0 Å². The maximum absolute atomic E-state index is 3.75. The van der Waals surface area contributed by atoms with Crippen molar-refractivity contribution in [1.82, 2.24) is 5.32 Å². The summed E-state index contributed by atoms with van der Waals surface area (Å²) in [5, 5.41) is 3.75. The minimum absolute atomic E-state index is 0.580. The number of nitrogens with one attached hydrogen (secondary N) is 1. The second-order valence-electron chi connectivity index (χ2n) is 6.43. The third kappa shape index (κ3) is 4.67. The van der Waals surface area contributed by atoms with Crippen molar-refractivity contribution in [3.05, 3.63) is 0 Å². The molecule has 0 aromatic carbocycles. The molecule has 2 heteroatoms. The van der Waals surface area contributed by atoms with E-state index < -0.39 is 0 Å². The van der Waals surface area contributed by atoms with Gasteiger partial charge < -0.3 is 5.32 Å². The van der Waals surface area contributed by atoms with E-state index >= 15 is 0 Å². The highest BCUT2D eigenvalue weighted by atomic mass is 32.2.